The van der Waals surface area contributed by atoms with Crippen LogP contribution in [-0.2, 0) is 16.1 Å². The first-order valence-electron chi connectivity index (χ1n) is 12.1. The molecule has 0 aliphatic heterocycles. The molecule has 1 unspecified atom stereocenters. The van der Waals surface area contributed by atoms with Gasteiger partial charge >= 0.3 is 0 Å². The Hall–Kier alpha value is -3.45. The lowest BCUT2D eigenvalue weighted by Crippen LogP contribution is -2.18. The van der Waals surface area contributed by atoms with Crippen molar-refractivity contribution >= 4 is 39.3 Å². The number of nitrogens with one attached hydrogen (secondary N) is 1. The topological polar surface area (TPSA) is 95.1 Å². The third-order valence-corrected chi connectivity index (χ3v) is 6.03. The molecule has 2 heterocycles. The fourth-order valence-electron chi connectivity index (χ4n) is 4.27. The van der Waals surface area contributed by atoms with Gasteiger partial charge in [-0.15, -0.1) is 0 Å². The number of anilines is 2. The molecule has 0 aliphatic carbocycles. The van der Waals surface area contributed by atoms with Crippen molar-refractivity contribution in [1.82, 2.24) is 14.5 Å². The van der Waals surface area contributed by atoms with E-state index in [1.807, 2.05) is 60.9 Å². The van der Waals surface area contributed by atoms with E-state index in [9.17, 15) is 4.79 Å². The molecule has 34 heavy (non-hydrogen) atoms. The van der Waals surface area contributed by atoms with Crippen molar-refractivity contribution in [3.05, 3.63) is 60.9 Å². The molecule has 0 saturated carbocycles. The average molecular weight is 460 g/mol. The largest absolute Gasteiger partial charge is 0.382 e. The number of para-hydroxylation sites is 2. The number of nitrogens with zero attached hydrogens (tertiary/aromatic N) is 3. The summed E-state index contributed by atoms with van der Waals surface area (Å²) >= 11 is 0. The molecule has 178 valence electrons. The Labute approximate surface area is 200 Å². The van der Waals surface area contributed by atoms with Crippen LogP contribution in [0.5, 0.6) is 0 Å². The van der Waals surface area contributed by atoms with Gasteiger partial charge in [0.05, 0.1) is 30.1 Å². The number of imidazole rings is 1. The number of hydrogen-bond donors (Lipinski definition) is 2. The molecule has 7 nitrogen and oxygen atoms in total. The lowest BCUT2D eigenvalue weighted by molar-refractivity contribution is -0.116. The van der Waals surface area contributed by atoms with Crippen LogP contribution in [0, 0.1) is 0 Å². The van der Waals surface area contributed by atoms with Gasteiger partial charge in [-0.3, -0.25) is 4.79 Å². The SMILES string of the molecule is CCCCC(CCCC(=O)Nc1ccccc1)OCCn1cnc2c(N)nc3ccccc3c21. The number of amides is 1. The quantitative estimate of drug-likeness (QED) is 0.290. The Bertz CT molecular complexity index is 1220. The first-order valence-corrected chi connectivity index (χ1v) is 12.1. The summed E-state index contributed by atoms with van der Waals surface area (Å²) in [6.07, 6.45) is 7.35. The monoisotopic (exact) mass is 459 g/mol. The van der Waals surface area contributed by atoms with Gasteiger partial charge in [-0.1, -0.05) is 56.2 Å². The van der Waals surface area contributed by atoms with Crippen molar-refractivity contribution in [3.63, 3.8) is 0 Å². The molecule has 0 saturated heterocycles. The summed E-state index contributed by atoms with van der Waals surface area (Å²) in [5.41, 5.74) is 9.57. The minimum absolute atomic E-state index is 0.0448. The van der Waals surface area contributed by atoms with Gasteiger partial charge in [0.25, 0.3) is 0 Å². The Balaban J connectivity index is 1.33. The maximum absolute atomic E-state index is 12.3. The molecular weight excluding hydrogens is 426 g/mol. The van der Waals surface area contributed by atoms with E-state index in [2.05, 4.69) is 26.8 Å². The number of carbonyl (C=O) groups excluding carboxylic acids is 1. The van der Waals surface area contributed by atoms with Gasteiger partial charge in [0, 0.05) is 24.0 Å². The van der Waals surface area contributed by atoms with Crippen LogP contribution in [-0.4, -0.2) is 33.2 Å². The summed E-state index contributed by atoms with van der Waals surface area (Å²) in [4.78, 5) is 21.2. The van der Waals surface area contributed by atoms with Gasteiger partial charge in [-0.05, 0) is 37.5 Å². The van der Waals surface area contributed by atoms with Crippen LogP contribution < -0.4 is 11.1 Å². The second-order valence-electron chi connectivity index (χ2n) is 8.59. The van der Waals surface area contributed by atoms with E-state index in [0.717, 1.165) is 59.7 Å². The molecule has 4 aromatic rings. The predicted octanol–water partition coefficient (Wildman–Crippen LogP) is 5.55. The fourth-order valence-corrected chi connectivity index (χ4v) is 4.27. The molecule has 1 atom stereocenters. The van der Waals surface area contributed by atoms with Crippen molar-refractivity contribution in [2.45, 2.75) is 58.1 Å². The Morgan fingerprint density at radius 3 is 2.68 bits per heavy atom. The number of nitrogen functional groups attached to an aromatic ring is 1. The second-order valence-corrected chi connectivity index (χ2v) is 8.59. The van der Waals surface area contributed by atoms with Gasteiger partial charge in [0.1, 0.15) is 5.52 Å². The lowest BCUT2D eigenvalue weighted by Gasteiger charge is -2.18. The predicted molar refractivity (Wildman–Crippen MR) is 138 cm³/mol. The molecule has 4 rings (SSSR count). The van der Waals surface area contributed by atoms with E-state index in [-0.39, 0.29) is 12.0 Å². The van der Waals surface area contributed by atoms with E-state index in [1.54, 1.807) is 0 Å². The van der Waals surface area contributed by atoms with Gasteiger partial charge in [0.15, 0.2) is 5.82 Å². The zero-order valence-electron chi connectivity index (χ0n) is 19.7. The minimum atomic E-state index is 0.0448. The Kier molecular flexibility index (Phi) is 8.09. The Morgan fingerprint density at radius 2 is 1.85 bits per heavy atom. The highest BCUT2D eigenvalue weighted by atomic mass is 16.5. The third-order valence-electron chi connectivity index (χ3n) is 6.03. The number of hydrogen-bond acceptors (Lipinski definition) is 5. The molecule has 0 radical (unpaired) electrons. The van der Waals surface area contributed by atoms with Crippen molar-refractivity contribution in [1.29, 1.82) is 0 Å². The number of ether oxygens (including phenoxy) is 1. The average Bonchev–Trinajstić information content (AvgIpc) is 3.28. The molecule has 0 spiro atoms. The summed E-state index contributed by atoms with van der Waals surface area (Å²) < 4.78 is 8.38. The number of nitrogens with two attached hydrogens (primary N) is 1. The zero-order chi connectivity index (χ0) is 23.8. The van der Waals surface area contributed by atoms with Gasteiger partial charge in [-0.25, -0.2) is 9.97 Å². The first-order chi connectivity index (χ1) is 16.7. The third kappa shape index (κ3) is 5.91. The summed E-state index contributed by atoms with van der Waals surface area (Å²) in [5, 5.41) is 3.99. The normalized spacial score (nSPS) is 12.3. The number of benzene rings is 2. The van der Waals surface area contributed by atoms with Crippen LogP contribution in [0.25, 0.3) is 21.9 Å². The van der Waals surface area contributed by atoms with Crippen molar-refractivity contribution < 1.29 is 9.53 Å². The lowest BCUT2D eigenvalue weighted by atomic mass is 10.1. The van der Waals surface area contributed by atoms with E-state index in [0.29, 0.717) is 25.4 Å². The molecule has 2 aromatic heterocycles. The van der Waals surface area contributed by atoms with Gasteiger partial charge in [-0.2, -0.15) is 0 Å². The second kappa shape index (κ2) is 11.6. The number of rotatable bonds is 12. The van der Waals surface area contributed by atoms with Gasteiger partial charge < -0.3 is 20.4 Å². The van der Waals surface area contributed by atoms with E-state index >= 15 is 0 Å². The minimum Gasteiger partial charge on any atom is -0.382 e. The number of unbranched alkanes of at least 4 members (excludes halogenated alkanes) is 1. The highest BCUT2D eigenvalue weighted by Gasteiger charge is 2.14. The number of aromatic nitrogens is 3. The van der Waals surface area contributed by atoms with Crippen LogP contribution in [0.3, 0.4) is 0 Å². The fraction of sp³-hybridized carbons (Fsp3) is 0.370. The van der Waals surface area contributed by atoms with E-state index < -0.39 is 0 Å². The summed E-state index contributed by atoms with van der Waals surface area (Å²) in [6.45, 7) is 3.44. The molecule has 0 aliphatic rings. The summed E-state index contributed by atoms with van der Waals surface area (Å²) in [6, 6.07) is 17.6. The first kappa shape index (κ1) is 23.7. The van der Waals surface area contributed by atoms with Crippen molar-refractivity contribution in [2.75, 3.05) is 17.7 Å². The van der Waals surface area contributed by atoms with Crippen molar-refractivity contribution in [2.24, 2.45) is 0 Å². The van der Waals surface area contributed by atoms with Gasteiger partial charge in [0.2, 0.25) is 5.91 Å². The molecule has 2 aromatic carbocycles. The highest BCUT2D eigenvalue weighted by Crippen LogP contribution is 2.27. The molecule has 0 bridgehead atoms. The maximum Gasteiger partial charge on any atom is 0.224 e. The van der Waals surface area contributed by atoms with Crippen LogP contribution in [0.4, 0.5) is 11.5 Å². The highest BCUT2D eigenvalue weighted by molar-refractivity contribution is 6.06. The molecular formula is C27H33N5O2. The van der Waals surface area contributed by atoms with Crippen LogP contribution >= 0.6 is 0 Å². The number of carbonyl (C=O) groups is 1. The summed E-state index contributed by atoms with van der Waals surface area (Å²) in [7, 11) is 0. The number of pyridine rings is 1. The summed E-state index contributed by atoms with van der Waals surface area (Å²) in [5.74, 6) is 0.492. The van der Waals surface area contributed by atoms with E-state index in [1.165, 1.54) is 0 Å². The Morgan fingerprint density at radius 1 is 1.09 bits per heavy atom. The maximum atomic E-state index is 12.3. The number of fused-ring (bicyclic) bond motifs is 3. The van der Waals surface area contributed by atoms with E-state index in [4.69, 9.17) is 10.5 Å². The molecule has 7 heteroatoms. The molecule has 0 fully saturated rings. The standard InChI is InChI=1S/C27H33N5O2/c1-2-3-12-21(13-9-16-24(33)30-20-10-5-4-6-11-20)34-18-17-32-19-29-25-26(32)22-14-7-8-15-23(22)31-27(25)28/h4-8,10-11,14-15,19,21H,2-3,9,12-13,16-18H2,1H3,(H2,28,31)(H,30,33). The van der Waals surface area contributed by atoms with Crippen LogP contribution in [0.15, 0.2) is 60.9 Å². The molecule has 3 N–H and O–H groups in total. The van der Waals surface area contributed by atoms with Crippen LogP contribution in [0.1, 0.15) is 45.4 Å². The van der Waals surface area contributed by atoms with Crippen molar-refractivity contribution in [3.8, 4) is 0 Å². The smallest absolute Gasteiger partial charge is 0.224 e. The van der Waals surface area contributed by atoms with Crippen LogP contribution in [0.2, 0.25) is 0 Å². The molecule has 1 amide bonds. The zero-order valence-corrected chi connectivity index (χ0v) is 19.7.